The number of ether oxygens (including phenoxy) is 2. The number of hydrogen-bond acceptors (Lipinski definition) is 5. The van der Waals surface area contributed by atoms with Gasteiger partial charge in [-0.15, -0.1) is 0 Å². The van der Waals surface area contributed by atoms with Crippen LogP contribution in [0.2, 0.25) is 0 Å². The first-order valence-electron chi connectivity index (χ1n) is 7.69. The Morgan fingerprint density at radius 1 is 1.12 bits per heavy atom. The second-order valence-electron chi connectivity index (χ2n) is 5.85. The number of benzene rings is 2. The molecule has 0 radical (unpaired) electrons. The third-order valence-corrected chi connectivity index (χ3v) is 4.45. The summed E-state index contributed by atoms with van der Waals surface area (Å²) in [6.45, 7) is 2.08. The summed E-state index contributed by atoms with van der Waals surface area (Å²) in [6, 6.07) is 13.3. The number of aromatic nitrogens is 2. The van der Waals surface area contributed by atoms with Crippen molar-refractivity contribution in [3.8, 4) is 11.5 Å². The van der Waals surface area contributed by atoms with Gasteiger partial charge in [-0.3, -0.25) is 4.57 Å². The minimum Gasteiger partial charge on any atom is -0.454 e. The van der Waals surface area contributed by atoms with Gasteiger partial charge in [0.15, 0.2) is 11.5 Å². The van der Waals surface area contributed by atoms with Crippen molar-refractivity contribution < 1.29 is 9.47 Å². The molecule has 0 aliphatic carbocycles. The number of hydrogen-bond donors (Lipinski definition) is 0. The highest BCUT2D eigenvalue weighted by Crippen LogP contribution is 2.42. The van der Waals surface area contributed by atoms with Crippen LogP contribution in [-0.4, -0.2) is 22.1 Å². The number of rotatable bonds is 1. The minimum absolute atomic E-state index is 0.142. The van der Waals surface area contributed by atoms with Crippen molar-refractivity contribution in [2.45, 2.75) is 13.0 Å². The second-order valence-corrected chi connectivity index (χ2v) is 5.85. The molecule has 2 aromatic carbocycles. The Labute approximate surface area is 137 Å². The molecule has 2 aliphatic rings. The average Bonchev–Trinajstić information content (AvgIpc) is 3.20. The van der Waals surface area contributed by atoms with E-state index in [1.54, 1.807) is 4.57 Å². The molecule has 1 aromatic heterocycles. The van der Waals surface area contributed by atoms with E-state index in [0.29, 0.717) is 22.8 Å². The molecular formula is C18H13N3O3. The van der Waals surface area contributed by atoms with Gasteiger partial charge in [-0.2, -0.15) is 4.98 Å². The Morgan fingerprint density at radius 2 is 1.96 bits per heavy atom. The molecule has 1 unspecified atom stereocenters. The van der Waals surface area contributed by atoms with Gasteiger partial charge < -0.3 is 9.47 Å². The number of nitrogens with zero attached hydrogens (tertiary/aromatic N) is 3. The summed E-state index contributed by atoms with van der Waals surface area (Å²) in [7, 11) is 0. The molecule has 0 bridgehead atoms. The molecule has 3 aromatic rings. The Balaban J connectivity index is 1.83. The zero-order valence-electron chi connectivity index (χ0n) is 12.9. The van der Waals surface area contributed by atoms with Gasteiger partial charge >= 0.3 is 5.69 Å². The van der Waals surface area contributed by atoms with Crippen LogP contribution in [0.4, 0.5) is 5.82 Å². The normalized spacial score (nSPS) is 17.9. The second kappa shape index (κ2) is 4.67. The van der Waals surface area contributed by atoms with Crippen LogP contribution in [0.1, 0.15) is 18.5 Å². The van der Waals surface area contributed by atoms with Crippen LogP contribution < -0.4 is 15.2 Å². The van der Waals surface area contributed by atoms with E-state index in [0.717, 1.165) is 16.7 Å². The number of fused-ring (bicyclic) bond motifs is 5. The molecule has 0 saturated heterocycles. The molecule has 0 N–H and O–H groups in total. The summed E-state index contributed by atoms with van der Waals surface area (Å²) in [6.07, 6.45) is 0. The van der Waals surface area contributed by atoms with Crippen LogP contribution in [-0.2, 0) is 0 Å². The lowest BCUT2D eigenvalue weighted by molar-refractivity contribution is 0.174. The summed E-state index contributed by atoms with van der Waals surface area (Å²) < 4.78 is 12.5. The van der Waals surface area contributed by atoms with Crippen molar-refractivity contribution in [2.24, 2.45) is 4.99 Å². The molecule has 6 nitrogen and oxygen atoms in total. The molecule has 2 aliphatic heterocycles. The monoisotopic (exact) mass is 319 g/mol. The van der Waals surface area contributed by atoms with Gasteiger partial charge in [-0.25, -0.2) is 9.79 Å². The fourth-order valence-electron chi connectivity index (χ4n) is 3.41. The zero-order valence-corrected chi connectivity index (χ0v) is 12.9. The maximum atomic E-state index is 12.7. The summed E-state index contributed by atoms with van der Waals surface area (Å²) in [5, 5.41) is 0.789. The first-order valence-corrected chi connectivity index (χ1v) is 7.69. The third-order valence-electron chi connectivity index (χ3n) is 4.45. The van der Waals surface area contributed by atoms with E-state index < -0.39 is 0 Å². The molecule has 5 rings (SSSR count). The predicted octanol–water partition coefficient (Wildman–Crippen LogP) is 2.82. The summed E-state index contributed by atoms with van der Waals surface area (Å²) >= 11 is 0. The Bertz CT molecular complexity index is 1070. The highest BCUT2D eigenvalue weighted by atomic mass is 16.7. The van der Waals surface area contributed by atoms with Crippen molar-refractivity contribution in [1.29, 1.82) is 0 Å². The van der Waals surface area contributed by atoms with Gasteiger partial charge in [0.25, 0.3) is 0 Å². The van der Waals surface area contributed by atoms with Gasteiger partial charge in [-0.1, -0.05) is 30.3 Å². The lowest BCUT2D eigenvalue weighted by atomic mass is 10.0. The molecule has 6 heteroatoms. The quantitative estimate of drug-likeness (QED) is 0.692. The summed E-state index contributed by atoms with van der Waals surface area (Å²) in [5.74, 6) is 1.75. The van der Waals surface area contributed by atoms with Crippen molar-refractivity contribution in [1.82, 2.24) is 9.55 Å². The van der Waals surface area contributed by atoms with Crippen LogP contribution in [0.5, 0.6) is 11.5 Å². The van der Waals surface area contributed by atoms with E-state index in [9.17, 15) is 4.79 Å². The molecule has 118 valence electrons. The van der Waals surface area contributed by atoms with E-state index in [-0.39, 0.29) is 18.5 Å². The van der Waals surface area contributed by atoms with Crippen molar-refractivity contribution in [3.63, 3.8) is 0 Å². The van der Waals surface area contributed by atoms with E-state index in [2.05, 4.69) is 9.98 Å². The highest BCUT2D eigenvalue weighted by Gasteiger charge is 2.30. The van der Waals surface area contributed by atoms with E-state index in [4.69, 9.17) is 9.47 Å². The van der Waals surface area contributed by atoms with Crippen LogP contribution in [0.3, 0.4) is 0 Å². The highest BCUT2D eigenvalue weighted by molar-refractivity contribution is 6.01. The van der Waals surface area contributed by atoms with E-state index in [1.807, 2.05) is 49.4 Å². The largest absolute Gasteiger partial charge is 0.454 e. The first kappa shape index (κ1) is 13.3. The van der Waals surface area contributed by atoms with Crippen LogP contribution in [0, 0.1) is 0 Å². The molecule has 1 atom stereocenters. The van der Waals surface area contributed by atoms with Gasteiger partial charge in [0.2, 0.25) is 6.79 Å². The number of aliphatic imine (C=N–C) groups is 1. The zero-order chi connectivity index (χ0) is 16.3. The fourth-order valence-corrected chi connectivity index (χ4v) is 3.41. The Hall–Kier alpha value is -3.15. The van der Waals surface area contributed by atoms with Crippen LogP contribution in [0.15, 0.2) is 52.3 Å². The van der Waals surface area contributed by atoms with E-state index >= 15 is 0 Å². The first-order chi connectivity index (χ1) is 11.7. The average molecular weight is 319 g/mol. The van der Waals surface area contributed by atoms with Crippen molar-refractivity contribution in [3.05, 3.63) is 58.5 Å². The maximum absolute atomic E-state index is 12.7. The third kappa shape index (κ3) is 1.68. The lowest BCUT2D eigenvalue weighted by Gasteiger charge is -2.15. The SMILES string of the molecule is CC1=Nc2c3ccc4c(c3nc(=O)n2C1c1ccccc1)OCO4. The Morgan fingerprint density at radius 3 is 2.79 bits per heavy atom. The standard InChI is InChI=1S/C18H13N3O3/c1-10-15(11-5-3-2-4-6-11)21-17(19-10)12-7-8-13-16(24-9-23-13)14(12)20-18(21)22/h2-8,15H,9H2,1H3. The smallest absolute Gasteiger partial charge is 0.350 e. The summed E-state index contributed by atoms with van der Waals surface area (Å²) in [4.78, 5) is 21.7. The topological polar surface area (TPSA) is 65.7 Å². The van der Waals surface area contributed by atoms with Crippen LogP contribution in [0.25, 0.3) is 10.9 Å². The molecule has 3 heterocycles. The molecule has 24 heavy (non-hydrogen) atoms. The minimum atomic E-state index is -0.337. The fraction of sp³-hybridized carbons (Fsp3) is 0.167. The Kier molecular flexibility index (Phi) is 2.59. The molecule has 0 spiro atoms. The van der Waals surface area contributed by atoms with Crippen molar-refractivity contribution >= 4 is 22.4 Å². The van der Waals surface area contributed by atoms with Gasteiger partial charge in [0.1, 0.15) is 17.4 Å². The molecule has 0 fully saturated rings. The maximum Gasteiger partial charge on any atom is 0.350 e. The van der Waals surface area contributed by atoms with Crippen LogP contribution >= 0.6 is 0 Å². The predicted molar refractivity (Wildman–Crippen MR) is 89.5 cm³/mol. The molecular weight excluding hydrogens is 306 g/mol. The lowest BCUT2D eigenvalue weighted by Crippen LogP contribution is -2.28. The summed E-state index contributed by atoms with van der Waals surface area (Å²) in [5.41, 5.74) is 2.05. The molecule has 0 saturated carbocycles. The van der Waals surface area contributed by atoms with Gasteiger partial charge in [0, 0.05) is 11.1 Å². The van der Waals surface area contributed by atoms with E-state index in [1.165, 1.54) is 0 Å². The van der Waals surface area contributed by atoms with Gasteiger partial charge in [0.05, 0.1) is 0 Å². The van der Waals surface area contributed by atoms with Gasteiger partial charge in [-0.05, 0) is 24.6 Å². The molecule has 0 amide bonds. The van der Waals surface area contributed by atoms with Crippen molar-refractivity contribution in [2.75, 3.05) is 6.79 Å².